The van der Waals surface area contributed by atoms with Gasteiger partial charge in [0.15, 0.2) is 0 Å². The number of rotatable bonds is 0. The largest absolute Gasteiger partial charge is 0.391 e. The van der Waals surface area contributed by atoms with Gasteiger partial charge in [0.1, 0.15) is 0 Å². The van der Waals surface area contributed by atoms with Crippen molar-refractivity contribution >= 4 is 26.4 Å². The van der Waals surface area contributed by atoms with Crippen LogP contribution in [0.1, 0.15) is 0 Å². The molecule has 0 saturated heterocycles. The minimum absolute atomic E-state index is 0.870. The van der Waals surface area contributed by atoms with Crippen LogP contribution in [0, 0.1) is 6.07 Å². The normalized spacial score (nSPS) is 10.4. The number of fused-ring (bicyclic) bond motifs is 1. The van der Waals surface area contributed by atoms with Crippen molar-refractivity contribution in [3.8, 4) is 0 Å². The van der Waals surface area contributed by atoms with Crippen LogP contribution in [0.5, 0.6) is 0 Å². The number of hydrogen-bond donors (Lipinski definition) is 1. The number of nitrogen functional groups attached to an aromatic ring is 1. The van der Waals surface area contributed by atoms with E-state index in [9.17, 15) is 0 Å². The van der Waals surface area contributed by atoms with E-state index in [4.69, 9.17) is 5.73 Å². The van der Waals surface area contributed by atoms with Crippen LogP contribution < -0.4 is 5.73 Å². The first-order valence-corrected chi connectivity index (χ1v) is 3.83. The van der Waals surface area contributed by atoms with Crippen LogP contribution in [0.4, 0.5) is 5.00 Å². The Morgan fingerprint density at radius 3 is 3.20 bits per heavy atom. The SMILES string of the molecule is Nc1cc2c[c]ccc2s1. The second-order valence-corrected chi connectivity index (χ2v) is 3.23. The lowest BCUT2D eigenvalue weighted by atomic mass is 10.3. The van der Waals surface area contributed by atoms with Crippen LogP contribution in [0.2, 0.25) is 0 Å². The topological polar surface area (TPSA) is 26.0 Å². The summed E-state index contributed by atoms with van der Waals surface area (Å²) in [5.74, 6) is 0. The average molecular weight is 148 g/mol. The van der Waals surface area contributed by atoms with E-state index >= 15 is 0 Å². The molecule has 1 radical (unpaired) electrons. The predicted octanol–water partition coefficient (Wildman–Crippen LogP) is 2.28. The molecule has 0 atom stereocenters. The van der Waals surface area contributed by atoms with Gasteiger partial charge < -0.3 is 5.73 Å². The van der Waals surface area contributed by atoms with Gasteiger partial charge >= 0.3 is 0 Å². The van der Waals surface area contributed by atoms with Crippen molar-refractivity contribution in [3.63, 3.8) is 0 Å². The lowest BCUT2D eigenvalue weighted by molar-refractivity contribution is 1.82. The Balaban J connectivity index is 2.88. The van der Waals surface area contributed by atoms with Crippen LogP contribution in [0.25, 0.3) is 10.1 Å². The van der Waals surface area contributed by atoms with Gasteiger partial charge in [-0.25, -0.2) is 0 Å². The smallest absolute Gasteiger partial charge is 0.0868 e. The quantitative estimate of drug-likeness (QED) is 0.609. The van der Waals surface area contributed by atoms with Crippen LogP contribution in [0.15, 0.2) is 24.3 Å². The molecule has 0 aliphatic carbocycles. The van der Waals surface area contributed by atoms with E-state index < -0.39 is 0 Å². The Labute approximate surface area is 63.1 Å². The highest BCUT2D eigenvalue weighted by molar-refractivity contribution is 7.22. The molecule has 2 rings (SSSR count). The molecule has 2 aromatic rings. The highest BCUT2D eigenvalue weighted by Crippen LogP contribution is 2.26. The van der Waals surface area contributed by atoms with Crippen LogP contribution in [-0.2, 0) is 0 Å². The lowest BCUT2D eigenvalue weighted by Crippen LogP contribution is -1.72. The van der Waals surface area contributed by atoms with E-state index in [1.54, 1.807) is 11.3 Å². The first kappa shape index (κ1) is 5.74. The van der Waals surface area contributed by atoms with Gasteiger partial charge in [0.2, 0.25) is 0 Å². The van der Waals surface area contributed by atoms with Crippen molar-refractivity contribution in [1.29, 1.82) is 0 Å². The molecular weight excluding hydrogens is 142 g/mol. The summed E-state index contributed by atoms with van der Waals surface area (Å²) in [6.45, 7) is 0. The zero-order valence-electron chi connectivity index (χ0n) is 5.29. The summed E-state index contributed by atoms with van der Waals surface area (Å²) >= 11 is 1.61. The van der Waals surface area contributed by atoms with E-state index in [1.807, 2.05) is 24.3 Å². The summed E-state index contributed by atoms with van der Waals surface area (Å²) in [4.78, 5) is 0. The fourth-order valence-corrected chi connectivity index (χ4v) is 1.76. The lowest BCUT2D eigenvalue weighted by Gasteiger charge is -1.81. The van der Waals surface area contributed by atoms with E-state index in [1.165, 1.54) is 10.1 Å². The standard InChI is InChI=1S/C8H6NS/c9-8-5-6-3-1-2-4-7(6)10-8/h2-5H,9H2. The highest BCUT2D eigenvalue weighted by atomic mass is 32.1. The third-order valence-electron chi connectivity index (χ3n) is 1.38. The molecule has 1 aromatic carbocycles. The van der Waals surface area contributed by atoms with E-state index in [2.05, 4.69) is 6.07 Å². The number of benzene rings is 1. The Morgan fingerprint density at radius 1 is 1.50 bits per heavy atom. The number of hydrogen-bond acceptors (Lipinski definition) is 2. The van der Waals surface area contributed by atoms with Gasteiger partial charge in [-0.15, -0.1) is 11.3 Å². The maximum Gasteiger partial charge on any atom is 0.0868 e. The van der Waals surface area contributed by atoms with Crippen molar-refractivity contribution < 1.29 is 0 Å². The molecule has 0 fully saturated rings. The van der Waals surface area contributed by atoms with Gasteiger partial charge in [0.05, 0.1) is 5.00 Å². The van der Waals surface area contributed by atoms with Gasteiger partial charge in [-0.3, -0.25) is 0 Å². The molecule has 0 unspecified atom stereocenters. The molecule has 0 spiro atoms. The van der Waals surface area contributed by atoms with Crippen molar-refractivity contribution in [1.82, 2.24) is 0 Å². The van der Waals surface area contributed by atoms with Crippen molar-refractivity contribution in [2.75, 3.05) is 5.73 Å². The Bertz CT molecular complexity index is 318. The van der Waals surface area contributed by atoms with Gasteiger partial charge in [-0.1, -0.05) is 6.07 Å². The van der Waals surface area contributed by atoms with Crippen LogP contribution in [0.3, 0.4) is 0 Å². The van der Waals surface area contributed by atoms with E-state index in [0.717, 1.165) is 5.00 Å². The molecule has 0 amide bonds. The summed E-state index contributed by atoms with van der Waals surface area (Å²) in [7, 11) is 0. The van der Waals surface area contributed by atoms with Crippen molar-refractivity contribution in [3.05, 3.63) is 30.3 Å². The van der Waals surface area contributed by atoms with E-state index in [0.29, 0.717) is 0 Å². The average Bonchev–Trinajstić information content (AvgIpc) is 2.27. The molecule has 1 aromatic heterocycles. The minimum Gasteiger partial charge on any atom is -0.391 e. The summed E-state index contributed by atoms with van der Waals surface area (Å²) in [6, 6.07) is 10.8. The third-order valence-corrected chi connectivity index (χ3v) is 2.33. The fraction of sp³-hybridized carbons (Fsp3) is 0. The van der Waals surface area contributed by atoms with Crippen molar-refractivity contribution in [2.24, 2.45) is 0 Å². The first-order chi connectivity index (χ1) is 4.86. The predicted molar refractivity (Wildman–Crippen MR) is 45.1 cm³/mol. The summed E-state index contributed by atoms with van der Waals surface area (Å²) in [5, 5.41) is 2.06. The Hall–Kier alpha value is -1.02. The molecule has 1 heterocycles. The van der Waals surface area contributed by atoms with Gasteiger partial charge in [-0.05, 0) is 29.7 Å². The number of thiophene rings is 1. The molecular formula is C8H6NS. The fourth-order valence-electron chi connectivity index (χ4n) is 0.944. The molecule has 0 bridgehead atoms. The van der Waals surface area contributed by atoms with Crippen LogP contribution >= 0.6 is 11.3 Å². The molecule has 1 nitrogen and oxygen atoms in total. The summed E-state index contributed by atoms with van der Waals surface area (Å²) in [6.07, 6.45) is 0. The number of nitrogens with two attached hydrogens (primary N) is 1. The van der Waals surface area contributed by atoms with Crippen LogP contribution in [-0.4, -0.2) is 0 Å². The molecule has 0 aliphatic rings. The summed E-state index contributed by atoms with van der Waals surface area (Å²) in [5.41, 5.74) is 5.60. The minimum atomic E-state index is 0.870. The number of anilines is 1. The zero-order valence-corrected chi connectivity index (χ0v) is 6.11. The first-order valence-electron chi connectivity index (χ1n) is 3.01. The molecule has 10 heavy (non-hydrogen) atoms. The summed E-state index contributed by atoms with van der Waals surface area (Å²) < 4.78 is 1.23. The Kier molecular flexibility index (Phi) is 1.14. The van der Waals surface area contributed by atoms with Gasteiger partial charge in [0, 0.05) is 4.70 Å². The monoisotopic (exact) mass is 148 g/mol. The molecule has 49 valence electrons. The zero-order chi connectivity index (χ0) is 6.97. The molecule has 2 N–H and O–H groups in total. The maximum atomic E-state index is 5.60. The molecule has 0 aliphatic heterocycles. The maximum absolute atomic E-state index is 5.60. The van der Waals surface area contributed by atoms with Gasteiger partial charge in [0.25, 0.3) is 0 Å². The van der Waals surface area contributed by atoms with E-state index in [-0.39, 0.29) is 0 Å². The molecule has 0 saturated carbocycles. The Morgan fingerprint density at radius 2 is 2.40 bits per heavy atom. The van der Waals surface area contributed by atoms with Gasteiger partial charge in [-0.2, -0.15) is 0 Å². The molecule has 2 heteroatoms. The highest BCUT2D eigenvalue weighted by Gasteiger charge is 1.94. The second kappa shape index (κ2) is 1.99. The third kappa shape index (κ3) is 0.772. The second-order valence-electron chi connectivity index (χ2n) is 2.11. The van der Waals surface area contributed by atoms with Crippen molar-refractivity contribution in [2.45, 2.75) is 0 Å².